The molecule has 80 valence electrons. The first-order valence-electron chi connectivity index (χ1n) is 4.48. The summed E-state index contributed by atoms with van der Waals surface area (Å²) < 4.78 is 0. The zero-order chi connectivity index (χ0) is 11.3. The van der Waals surface area contributed by atoms with Crippen molar-refractivity contribution in [3.63, 3.8) is 0 Å². The van der Waals surface area contributed by atoms with Crippen molar-refractivity contribution >= 4 is 5.91 Å². The fourth-order valence-electron chi connectivity index (χ4n) is 1.02. The van der Waals surface area contributed by atoms with Crippen LogP contribution in [0.25, 0.3) is 0 Å². The molecule has 0 aromatic carbocycles. The van der Waals surface area contributed by atoms with E-state index in [0.29, 0.717) is 6.54 Å². The Hall–Kier alpha value is -1.91. The van der Waals surface area contributed by atoms with Gasteiger partial charge in [0.2, 0.25) is 5.91 Å². The van der Waals surface area contributed by atoms with Gasteiger partial charge in [0.15, 0.2) is 0 Å². The van der Waals surface area contributed by atoms with Gasteiger partial charge < -0.3 is 9.80 Å². The van der Waals surface area contributed by atoms with Gasteiger partial charge in [-0.25, -0.2) is 0 Å². The maximum atomic E-state index is 11.4. The molecule has 0 saturated heterocycles. The molecular weight excluding hydrogens is 194 g/mol. The smallest absolute Gasteiger partial charge is 0.241 e. The summed E-state index contributed by atoms with van der Waals surface area (Å²) in [5.74, 6) is 0.0187. The zero-order valence-corrected chi connectivity index (χ0v) is 8.75. The molecule has 1 aliphatic heterocycles. The number of nitroso groups, excluding NO2 is 1. The van der Waals surface area contributed by atoms with Crippen molar-refractivity contribution in [1.82, 2.24) is 9.80 Å². The van der Waals surface area contributed by atoms with Crippen LogP contribution in [0.15, 0.2) is 41.5 Å². The Balaban J connectivity index is 2.54. The normalized spacial score (nSPS) is 14.0. The number of allylic oxidation sites excluding steroid dienone is 3. The molecule has 5 heteroatoms. The molecule has 0 radical (unpaired) electrons. The molecule has 0 fully saturated rings. The van der Waals surface area contributed by atoms with Gasteiger partial charge in [0.25, 0.3) is 0 Å². The van der Waals surface area contributed by atoms with Crippen LogP contribution >= 0.6 is 0 Å². The van der Waals surface area contributed by atoms with Crippen molar-refractivity contribution in [3.05, 3.63) is 41.2 Å². The van der Waals surface area contributed by atoms with Gasteiger partial charge in [-0.15, -0.1) is 4.91 Å². The van der Waals surface area contributed by atoms with Crippen molar-refractivity contribution in [2.45, 2.75) is 0 Å². The molecule has 1 rings (SSSR count). The third kappa shape index (κ3) is 3.38. The maximum absolute atomic E-state index is 11.4. The van der Waals surface area contributed by atoms with Gasteiger partial charge in [0, 0.05) is 26.5 Å². The molecule has 0 saturated carbocycles. The molecule has 0 bridgehead atoms. The molecule has 0 aliphatic carbocycles. The Kier molecular flexibility index (Phi) is 3.79. The summed E-state index contributed by atoms with van der Waals surface area (Å²) in [5, 5.41) is 2.67. The highest BCUT2D eigenvalue weighted by molar-refractivity contribution is 5.78. The highest BCUT2D eigenvalue weighted by Crippen LogP contribution is 2.09. The van der Waals surface area contributed by atoms with Crippen molar-refractivity contribution < 1.29 is 4.79 Å². The largest absolute Gasteiger partial charge is 0.347 e. The lowest BCUT2D eigenvalue weighted by Crippen LogP contribution is -2.31. The second-order valence-corrected chi connectivity index (χ2v) is 3.33. The molecule has 1 amide bonds. The van der Waals surface area contributed by atoms with E-state index in [1.54, 1.807) is 43.5 Å². The van der Waals surface area contributed by atoms with E-state index < -0.39 is 0 Å². The van der Waals surface area contributed by atoms with E-state index in [2.05, 4.69) is 5.18 Å². The monoisotopic (exact) mass is 207 g/mol. The highest BCUT2D eigenvalue weighted by atomic mass is 16.2. The van der Waals surface area contributed by atoms with Crippen LogP contribution in [0.4, 0.5) is 0 Å². The van der Waals surface area contributed by atoms with E-state index in [1.807, 2.05) is 0 Å². The van der Waals surface area contributed by atoms with E-state index in [1.165, 1.54) is 11.1 Å². The first-order valence-corrected chi connectivity index (χ1v) is 4.48. The van der Waals surface area contributed by atoms with Crippen molar-refractivity contribution in [2.24, 2.45) is 5.18 Å². The molecule has 5 nitrogen and oxygen atoms in total. The van der Waals surface area contributed by atoms with Crippen LogP contribution in [0, 0.1) is 4.91 Å². The molecule has 0 unspecified atom stereocenters. The molecule has 0 aromatic heterocycles. The fraction of sp³-hybridized carbons (Fsp3) is 0.300. The molecule has 0 atom stereocenters. The van der Waals surface area contributed by atoms with Gasteiger partial charge in [-0.1, -0.05) is 0 Å². The third-order valence-electron chi connectivity index (χ3n) is 1.94. The quantitative estimate of drug-likeness (QED) is 0.650. The fourth-order valence-corrected chi connectivity index (χ4v) is 1.02. The maximum Gasteiger partial charge on any atom is 0.241 e. The number of nitrogens with zero attached hydrogens (tertiary/aromatic N) is 3. The van der Waals surface area contributed by atoms with Gasteiger partial charge in [0.05, 0.1) is 6.20 Å². The van der Waals surface area contributed by atoms with Crippen LogP contribution in [-0.2, 0) is 4.79 Å². The molecule has 0 spiro atoms. The average molecular weight is 207 g/mol. The van der Waals surface area contributed by atoms with Gasteiger partial charge in [0.1, 0.15) is 6.54 Å². The average Bonchev–Trinajstić information content (AvgIpc) is 2.21. The van der Waals surface area contributed by atoms with Crippen LogP contribution in [0.3, 0.4) is 0 Å². The van der Waals surface area contributed by atoms with E-state index in [4.69, 9.17) is 0 Å². The summed E-state index contributed by atoms with van der Waals surface area (Å²) in [5.41, 5.74) is 0.721. The summed E-state index contributed by atoms with van der Waals surface area (Å²) in [6.45, 7) is 0.293. The summed E-state index contributed by atoms with van der Waals surface area (Å²) in [6, 6.07) is 0. The Morgan fingerprint density at radius 1 is 1.47 bits per heavy atom. The zero-order valence-electron chi connectivity index (χ0n) is 8.75. The molecule has 0 N–H and O–H groups in total. The molecular formula is C10H13N3O2. The first-order chi connectivity index (χ1) is 7.13. The molecule has 1 heterocycles. The second kappa shape index (κ2) is 5.09. The SMILES string of the molecule is CN(C)C(=O)CN1C=CC(=CN=O)C=C1. The highest BCUT2D eigenvalue weighted by Gasteiger charge is 2.08. The Bertz CT molecular complexity index is 327. The number of amides is 1. The predicted octanol–water partition coefficient (Wildman–Crippen LogP) is 1.07. The van der Waals surface area contributed by atoms with Crippen molar-refractivity contribution in [2.75, 3.05) is 20.6 Å². The number of carbonyl (C=O) groups is 1. The van der Waals surface area contributed by atoms with Crippen LogP contribution in [0.1, 0.15) is 0 Å². The Morgan fingerprint density at radius 2 is 2.07 bits per heavy atom. The number of hydrogen-bond acceptors (Lipinski definition) is 4. The van der Waals surface area contributed by atoms with Crippen molar-refractivity contribution in [1.29, 1.82) is 0 Å². The first kappa shape index (κ1) is 11.2. The second-order valence-electron chi connectivity index (χ2n) is 3.33. The lowest BCUT2D eigenvalue weighted by atomic mass is 10.2. The minimum atomic E-state index is 0.0187. The molecule has 1 aliphatic rings. The number of carbonyl (C=O) groups excluding carboxylic acids is 1. The Morgan fingerprint density at radius 3 is 2.53 bits per heavy atom. The van der Waals surface area contributed by atoms with Crippen LogP contribution in [0.5, 0.6) is 0 Å². The molecule has 15 heavy (non-hydrogen) atoms. The molecule has 0 aromatic rings. The van der Waals surface area contributed by atoms with E-state index in [0.717, 1.165) is 5.57 Å². The number of rotatable bonds is 3. The van der Waals surface area contributed by atoms with Crippen LogP contribution < -0.4 is 0 Å². The van der Waals surface area contributed by atoms with Gasteiger partial charge in [-0.3, -0.25) is 4.79 Å². The van der Waals surface area contributed by atoms with Gasteiger partial charge in [-0.05, 0) is 22.9 Å². The van der Waals surface area contributed by atoms with Gasteiger partial charge in [-0.2, -0.15) is 0 Å². The third-order valence-corrected chi connectivity index (χ3v) is 1.94. The minimum Gasteiger partial charge on any atom is -0.347 e. The lowest BCUT2D eigenvalue weighted by molar-refractivity contribution is -0.128. The van der Waals surface area contributed by atoms with Crippen LogP contribution in [0.2, 0.25) is 0 Å². The van der Waals surface area contributed by atoms with Gasteiger partial charge >= 0.3 is 0 Å². The Labute approximate surface area is 88.3 Å². The van der Waals surface area contributed by atoms with E-state index in [9.17, 15) is 9.70 Å². The summed E-state index contributed by atoms with van der Waals surface area (Å²) in [7, 11) is 3.42. The van der Waals surface area contributed by atoms with Crippen LogP contribution in [-0.4, -0.2) is 36.3 Å². The number of likely N-dealkylation sites (N-methyl/N-ethyl adjacent to an activating group) is 1. The standard InChI is InChI=1S/C10H13N3O2/c1-12(2)10(14)8-13-5-3-9(4-6-13)7-11-15/h3-7H,8H2,1-2H3. The lowest BCUT2D eigenvalue weighted by Gasteiger charge is -2.20. The van der Waals surface area contributed by atoms with E-state index >= 15 is 0 Å². The predicted molar refractivity (Wildman–Crippen MR) is 57.6 cm³/mol. The topological polar surface area (TPSA) is 53.0 Å². The van der Waals surface area contributed by atoms with E-state index in [-0.39, 0.29) is 5.91 Å². The minimum absolute atomic E-state index is 0.0187. The summed E-state index contributed by atoms with van der Waals surface area (Å²) in [6.07, 6.45) is 8.14. The van der Waals surface area contributed by atoms with Crippen molar-refractivity contribution in [3.8, 4) is 0 Å². The summed E-state index contributed by atoms with van der Waals surface area (Å²) in [4.78, 5) is 24.6. The number of hydrogen-bond donors (Lipinski definition) is 0. The summed E-state index contributed by atoms with van der Waals surface area (Å²) >= 11 is 0.